The number of hydrogen-bond donors (Lipinski definition) is 0. The minimum absolute atomic E-state index is 0.624. The van der Waals surface area contributed by atoms with Gasteiger partial charge in [0.15, 0.2) is 0 Å². The Labute approximate surface area is 108 Å². The Hall–Kier alpha value is -0.550. The molecule has 2 heterocycles. The highest BCUT2D eigenvalue weighted by Gasteiger charge is 2.11. The van der Waals surface area contributed by atoms with Gasteiger partial charge in [0.05, 0.1) is 12.2 Å². The van der Waals surface area contributed by atoms with E-state index < -0.39 is 0 Å². The molecule has 1 saturated heterocycles. The lowest BCUT2D eigenvalue weighted by molar-refractivity contribution is 0.314. The van der Waals surface area contributed by atoms with Crippen molar-refractivity contribution in [1.82, 2.24) is 19.9 Å². The van der Waals surface area contributed by atoms with Crippen LogP contribution in [-0.4, -0.2) is 51.0 Å². The topological polar surface area (TPSA) is 34.0 Å². The Morgan fingerprint density at radius 1 is 1.35 bits per heavy atom. The molecule has 1 aliphatic rings. The SMILES string of the molecule is CS[C@H](C)Cc1cn(CCN2CCCC2)nn1. The van der Waals surface area contributed by atoms with Gasteiger partial charge < -0.3 is 4.90 Å². The molecule has 0 aromatic carbocycles. The maximum absolute atomic E-state index is 4.23. The van der Waals surface area contributed by atoms with E-state index in [1.807, 2.05) is 16.4 Å². The van der Waals surface area contributed by atoms with Gasteiger partial charge in [-0.3, -0.25) is 4.68 Å². The second-order valence-electron chi connectivity index (χ2n) is 4.77. The summed E-state index contributed by atoms with van der Waals surface area (Å²) in [5.74, 6) is 0. The molecule has 17 heavy (non-hydrogen) atoms. The Kier molecular flexibility index (Phi) is 4.86. The van der Waals surface area contributed by atoms with Crippen molar-refractivity contribution in [1.29, 1.82) is 0 Å². The van der Waals surface area contributed by atoms with Crippen LogP contribution in [0, 0.1) is 0 Å². The van der Waals surface area contributed by atoms with Gasteiger partial charge >= 0.3 is 0 Å². The van der Waals surface area contributed by atoms with Gasteiger partial charge in [0, 0.05) is 24.4 Å². The van der Waals surface area contributed by atoms with Crippen molar-refractivity contribution in [3.8, 4) is 0 Å². The zero-order valence-corrected chi connectivity index (χ0v) is 11.6. The molecule has 0 amide bonds. The third-order valence-corrected chi connectivity index (χ3v) is 4.30. The normalized spacial score (nSPS) is 18.7. The van der Waals surface area contributed by atoms with Gasteiger partial charge in [-0.15, -0.1) is 5.10 Å². The van der Waals surface area contributed by atoms with E-state index >= 15 is 0 Å². The second-order valence-corrected chi connectivity index (χ2v) is 6.05. The van der Waals surface area contributed by atoms with Gasteiger partial charge in [0.25, 0.3) is 0 Å². The van der Waals surface area contributed by atoms with E-state index in [9.17, 15) is 0 Å². The Bertz CT molecular complexity index is 333. The van der Waals surface area contributed by atoms with Crippen LogP contribution in [-0.2, 0) is 13.0 Å². The lowest BCUT2D eigenvalue weighted by Gasteiger charge is -2.13. The molecule has 0 saturated carbocycles. The van der Waals surface area contributed by atoms with Crippen LogP contribution < -0.4 is 0 Å². The first-order chi connectivity index (χ1) is 8.28. The van der Waals surface area contributed by atoms with E-state index in [1.165, 1.54) is 25.9 Å². The van der Waals surface area contributed by atoms with Crippen LogP contribution >= 0.6 is 11.8 Å². The predicted octanol–water partition coefficient (Wildman–Crippen LogP) is 1.67. The Morgan fingerprint density at radius 2 is 2.12 bits per heavy atom. The summed E-state index contributed by atoms with van der Waals surface area (Å²) in [7, 11) is 0. The maximum Gasteiger partial charge on any atom is 0.0838 e. The largest absolute Gasteiger partial charge is 0.301 e. The molecule has 0 unspecified atom stereocenters. The van der Waals surface area contributed by atoms with E-state index in [-0.39, 0.29) is 0 Å². The number of nitrogens with zero attached hydrogens (tertiary/aromatic N) is 4. The van der Waals surface area contributed by atoms with Gasteiger partial charge in [-0.05, 0) is 32.2 Å². The molecule has 0 bridgehead atoms. The van der Waals surface area contributed by atoms with Crippen molar-refractivity contribution in [2.24, 2.45) is 0 Å². The second kappa shape index (κ2) is 6.40. The van der Waals surface area contributed by atoms with Crippen LogP contribution in [0.25, 0.3) is 0 Å². The molecule has 5 heteroatoms. The number of rotatable bonds is 6. The standard InChI is InChI=1S/C12H22N4S/c1-11(17-2)9-12-10-16(14-13-12)8-7-15-5-3-4-6-15/h10-11H,3-9H2,1-2H3/t11-/m1/s1. The van der Waals surface area contributed by atoms with E-state index in [4.69, 9.17) is 0 Å². The molecule has 1 fully saturated rings. The van der Waals surface area contributed by atoms with E-state index in [0.29, 0.717) is 5.25 Å². The van der Waals surface area contributed by atoms with Crippen molar-refractivity contribution >= 4 is 11.8 Å². The first-order valence-electron chi connectivity index (χ1n) is 6.42. The highest BCUT2D eigenvalue weighted by molar-refractivity contribution is 7.99. The minimum Gasteiger partial charge on any atom is -0.301 e. The summed E-state index contributed by atoms with van der Waals surface area (Å²) < 4.78 is 1.99. The number of hydrogen-bond acceptors (Lipinski definition) is 4. The lowest BCUT2D eigenvalue weighted by Crippen LogP contribution is -2.24. The van der Waals surface area contributed by atoms with Gasteiger partial charge in [-0.25, -0.2) is 0 Å². The van der Waals surface area contributed by atoms with Crippen molar-refractivity contribution in [3.05, 3.63) is 11.9 Å². The van der Waals surface area contributed by atoms with Crippen LogP contribution in [0.5, 0.6) is 0 Å². The number of aromatic nitrogens is 3. The lowest BCUT2D eigenvalue weighted by atomic mass is 10.3. The zero-order chi connectivity index (χ0) is 12.1. The Morgan fingerprint density at radius 3 is 2.82 bits per heavy atom. The fraction of sp³-hybridized carbons (Fsp3) is 0.833. The highest BCUT2D eigenvalue weighted by atomic mass is 32.2. The number of thioether (sulfide) groups is 1. The van der Waals surface area contributed by atoms with Crippen LogP contribution in [0.2, 0.25) is 0 Å². The zero-order valence-electron chi connectivity index (χ0n) is 10.8. The van der Waals surface area contributed by atoms with E-state index in [0.717, 1.165) is 25.2 Å². The molecule has 4 nitrogen and oxygen atoms in total. The molecular weight excluding hydrogens is 232 g/mol. The van der Waals surface area contributed by atoms with Crippen LogP contribution in [0.1, 0.15) is 25.5 Å². The molecule has 1 aliphatic heterocycles. The third kappa shape index (κ3) is 4.00. The summed E-state index contributed by atoms with van der Waals surface area (Å²) in [5, 5.41) is 9.05. The van der Waals surface area contributed by atoms with Gasteiger partial charge in [-0.1, -0.05) is 12.1 Å². The molecule has 2 rings (SSSR count). The van der Waals surface area contributed by atoms with Crippen molar-refractivity contribution in [2.45, 2.75) is 38.0 Å². The maximum atomic E-state index is 4.23. The fourth-order valence-electron chi connectivity index (χ4n) is 2.17. The summed E-state index contributed by atoms with van der Waals surface area (Å²) in [5.41, 5.74) is 1.12. The van der Waals surface area contributed by atoms with Crippen LogP contribution in [0.15, 0.2) is 6.20 Å². The molecule has 0 spiro atoms. The molecule has 1 aromatic heterocycles. The molecule has 1 atom stereocenters. The molecule has 0 radical (unpaired) electrons. The molecule has 1 aromatic rings. The van der Waals surface area contributed by atoms with Gasteiger partial charge in [-0.2, -0.15) is 11.8 Å². The van der Waals surface area contributed by atoms with Gasteiger partial charge in [0.1, 0.15) is 0 Å². The first kappa shape index (κ1) is 12.9. The summed E-state index contributed by atoms with van der Waals surface area (Å²) in [6.07, 6.45) is 7.97. The fourth-order valence-corrected chi connectivity index (χ4v) is 2.51. The van der Waals surface area contributed by atoms with Crippen molar-refractivity contribution in [3.63, 3.8) is 0 Å². The quantitative estimate of drug-likeness (QED) is 0.773. The Balaban J connectivity index is 1.77. The number of likely N-dealkylation sites (tertiary alicyclic amines) is 1. The average molecular weight is 254 g/mol. The smallest absolute Gasteiger partial charge is 0.0838 e. The molecule has 0 aliphatic carbocycles. The summed E-state index contributed by atoms with van der Waals surface area (Å²) in [4.78, 5) is 2.51. The molecule has 96 valence electrons. The summed E-state index contributed by atoms with van der Waals surface area (Å²) in [6.45, 7) is 6.82. The first-order valence-corrected chi connectivity index (χ1v) is 7.71. The van der Waals surface area contributed by atoms with Crippen molar-refractivity contribution in [2.75, 3.05) is 25.9 Å². The van der Waals surface area contributed by atoms with Crippen LogP contribution in [0.3, 0.4) is 0 Å². The van der Waals surface area contributed by atoms with Gasteiger partial charge in [0.2, 0.25) is 0 Å². The van der Waals surface area contributed by atoms with E-state index in [1.54, 1.807) is 0 Å². The highest BCUT2D eigenvalue weighted by Crippen LogP contribution is 2.11. The predicted molar refractivity (Wildman–Crippen MR) is 72.4 cm³/mol. The minimum atomic E-state index is 0.624. The molecular formula is C12H22N4S. The summed E-state index contributed by atoms with van der Waals surface area (Å²) in [6, 6.07) is 0. The van der Waals surface area contributed by atoms with Crippen LogP contribution in [0.4, 0.5) is 0 Å². The van der Waals surface area contributed by atoms with Crippen molar-refractivity contribution < 1.29 is 0 Å². The summed E-state index contributed by atoms with van der Waals surface area (Å²) >= 11 is 1.88. The third-order valence-electron chi connectivity index (χ3n) is 3.33. The monoisotopic (exact) mass is 254 g/mol. The molecule has 0 N–H and O–H groups in total. The average Bonchev–Trinajstić information content (AvgIpc) is 2.97. The van der Waals surface area contributed by atoms with E-state index in [2.05, 4.69) is 34.6 Å².